The lowest BCUT2D eigenvalue weighted by Crippen LogP contribution is -2.36. The summed E-state index contributed by atoms with van der Waals surface area (Å²) in [5.41, 5.74) is 1.61. The summed E-state index contributed by atoms with van der Waals surface area (Å²) in [4.78, 5) is 0. The highest BCUT2D eigenvalue weighted by molar-refractivity contribution is 5.32. The van der Waals surface area contributed by atoms with Gasteiger partial charge in [-0.05, 0) is 24.0 Å². The molecule has 3 rings (SSSR count). The summed E-state index contributed by atoms with van der Waals surface area (Å²) in [7, 11) is 0. The van der Waals surface area contributed by atoms with Gasteiger partial charge in [0.15, 0.2) is 0 Å². The molecule has 2 atom stereocenters. The molecule has 1 nitrogen and oxygen atoms in total. The van der Waals surface area contributed by atoms with E-state index in [1.807, 2.05) is 24.3 Å². The number of hydrogen-bond acceptors (Lipinski definition) is 1. The summed E-state index contributed by atoms with van der Waals surface area (Å²) in [5, 5.41) is 11.3. The van der Waals surface area contributed by atoms with Crippen molar-refractivity contribution in [3.63, 3.8) is 0 Å². The molecule has 0 heterocycles. The standard InChI is InChI=1S/C18H20O/c19-18(16-11-5-2-6-12-16)14-8-7-13-17(18)15-9-3-1-4-10-15/h1-6,9-12,17,19H,7-8,13-14H2. The van der Waals surface area contributed by atoms with Gasteiger partial charge in [0.25, 0.3) is 0 Å². The fraction of sp³-hybridized carbons (Fsp3) is 0.333. The van der Waals surface area contributed by atoms with Gasteiger partial charge in [0.05, 0.1) is 5.60 Å². The van der Waals surface area contributed by atoms with Crippen LogP contribution in [0.5, 0.6) is 0 Å². The van der Waals surface area contributed by atoms with Crippen LogP contribution in [0.4, 0.5) is 0 Å². The Bertz CT molecular complexity index is 520. The van der Waals surface area contributed by atoms with Crippen molar-refractivity contribution >= 4 is 0 Å². The monoisotopic (exact) mass is 252 g/mol. The van der Waals surface area contributed by atoms with E-state index in [0.717, 1.165) is 24.8 Å². The lowest BCUT2D eigenvalue weighted by Gasteiger charge is -2.41. The highest BCUT2D eigenvalue weighted by Gasteiger charge is 2.40. The van der Waals surface area contributed by atoms with E-state index in [-0.39, 0.29) is 5.92 Å². The van der Waals surface area contributed by atoms with Gasteiger partial charge in [0.2, 0.25) is 0 Å². The molecule has 0 radical (unpaired) electrons. The lowest BCUT2D eigenvalue weighted by atomic mass is 9.69. The molecule has 2 unspecified atom stereocenters. The molecule has 1 aliphatic carbocycles. The first-order valence-electron chi connectivity index (χ1n) is 7.13. The van der Waals surface area contributed by atoms with Crippen molar-refractivity contribution in [1.82, 2.24) is 0 Å². The normalized spacial score (nSPS) is 27.1. The first-order chi connectivity index (χ1) is 9.31. The Morgan fingerprint density at radius 1 is 0.842 bits per heavy atom. The zero-order chi connectivity index (χ0) is 13.1. The molecule has 0 bridgehead atoms. The van der Waals surface area contributed by atoms with Crippen LogP contribution < -0.4 is 0 Å². The van der Waals surface area contributed by atoms with Gasteiger partial charge in [0.1, 0.15) is 0 Å². The number of rotatable bonds is 2. The molecule has 19 heavy (non-hydrogen) atoms. The maximum atomic E-state index is 11.3. The molecule has 0 amide bonds. The van der Waals surface area contributed by atoms with Gasteiger partial charge in [-0.3, -0.25) is 0 Å². The first kappa shape index (κ1) is 12.4. The maximum Gasteiger partial charge on any atom is 0.0964 e. The van der Waals surface area contributed by atoms with Crippen LogP contribution in [0.2, 0.25) is 0 Å². The predicted octanol–water partition coefficient (Wildman–Crippen LogP) is 4.23. The SMILES string of the molecule is OC1(c2ccccc2)CCCCC1c1ccccc1. The summed E-state index contributed by atoms with van der Waals surface area (Å²) >= 11 is 0. The molecule has 0 aromatic heterocycles. The van der Waals surface area contributed by atoms with Crippen LogP contribution in [0.1, 0.15) is 42.7 Å². The van der Waals surface area contributed by atoms with E-state index in [2.05, 4.69) is 36.4 Å². The van der Waals surface area contributed by atoms with E-state index in [9.17, 15) is 5.11 Å². The van der Waals surface area contributed by atoms with Gasteiger partial charge < -0.3 is 5.11 Å². The van der Waals surface area contributed by atoms with Crippen LogP contribution in [0, 0.1) is 0 Å². The zero-order valence-corrected chi connectivity index (χ0v) is 11.1. The van der Waals surface area contributed by atoms with E-state index in [0.29, 0.717) is 0 Å². The van der Waals surface area contributed by atoms with Crippen LogP contribution in [0.25, 0.3) is 0 Å². The van der Waals surface area contributed by atoms with Crippen molar-refractivity contribution in [2.24, 2.45) is 0 Å². The molecule has 1 heteroatoms. The average molecular weight is 252 g/mol. The molecular weight excluding hydrogens is 232 g/mol. The summed E-state index contributed by atoms with van der Waals surface area (Å²) in [6.45, 7) is 0. The first-order valence-corrected chi connectivity index (χ1v) is 7.13. The Morgan fingerprint density at radius 2 is 1.47 bits per heavy atom. The van der Waals surface area contributed by atoms with Crippen molar-refractivity contribution in [3.8, 4) is 0 Å². The van der Waals surface area contributed by atoms with Crippen LogP contribution in [0.3, 0.4) is 0 Å². The van der Waals surface area contributed by atoms with E-state index >= 15 is 0 Å². The molecule has 2 aromatic rings. The molecule has 1 N–H and O–H groups in total. The van der Waals surface area contributed by atoms with Crippen LogP contribution in [-0.4, -0.2) is 5.11 Å². The van der Waals surface area contributed by atoms with Gasteiger partial charge in [0, 0.05) is 5.92 Å². The van der Waals surface area contributed by atoms with E-state index in [1.165, 1.54) is 12.0 Å². The minimum Gasteiger partial charge on any atom is -0.385 e. The van der Waals surface area contributed by atoms with Crippen LogP contribution in [-0.2, 0) is 5.60 Å². The third-order valence-electron chi connectivity index (χ3n) is 4.35. The minimum atomic E-state index is -0.707. The maximum absolute atomic E-state index is 11.3. The van der Waals surface area contributed by atoms with Crippen molar-refractivity contribution in [1.29, 1.82) is 0 Å². The topological polar surface area (TPSA) is 20.2 Å². The molecule has 2 aromatic carbocycles. The van der Waals surface area contributed by atoms with Crippen LogP contribution >= 0.6 is 0 Å². The fourth-order valence-corrected chi connectivity index (χ4v) is 3.36. The second-order valence-corrected chi connectivity index (χ2v) is 5.50. The molecule has 0 aliphatic heterocycles. The Morgan fingerprint density at radius 3 is 2.16 bits per heavy atom. The third-order valence-corrected chi connectivity index (χ3v) is 4.35. The lowest BCUT2D eigenvalue weighted by molar-refractivity contribution is -0.0224. The largest absolute Gasteiger partial charge is 0.385 e. The molecule has 98 valence electrons. The average Bonchev–Trinajstić information content (AvgIpc) is 2.49. The number of benzene rings is 2. The molecular formula is C18H20O. The Labute approximate surface area is 114 Å². The Balaban J connectivity index is 2.02. The second-order valence-electron chi connectivity index (χ2n) is 5.50. The molecule has 1 aliphatic rings. The Kier molecular flexibility index (Phi) is 3.39. The van der Waals surface area contributed by atoms with Crippen molar-refractivity contribution in [3.05, 3.63) is 71.8 Å². The third kappa shape index (κ3) is 2.31. The van der Waals surface area contributed by atoms with E-state index in [4.69, 9.17) is 0 Å². The summed E-state index contributed by atoms with van der Waals surface area (Å²) in [6, 6.07) is 20.6. The van der Waals surface area contributed by atoms with Gasteiger partial charge in [-0.2, -0.15) is 0 Å². The molecule has 0 spiro atoms. The van der Waals surface area contributed by atoms with E-state index < -0.39 is 5.60 Å². The van der Waals surface area contributed by atoms with Gasteiger partial charge in [-0.1, -0.05) is 73.5 Å². The zero-order valence-electron chi connectivity index (χ0n) is 11.1. The van der Waals surface area contributed by atoms with Crippen molar-refractivity contribution in [2.45, 2.75) is 37.2 Å². The number of aliphatic hydroxyl groups is 1. The van der Waals surface area contributed by atoms with Crippen molar-refractivity contribution < 1.29 is 5.11 Å². The second kappa shape index (κ2) is 5.18. The minimum absolute atomic E-state index is 0.213. The highest BCUT2D eigenvalue weighted by Crippen LogP contribution is 2.47. The summed E-state index contributed by atoms with van der Waals surface area (Å²) in [5.74, 6) is 0.213. The molecule has 1 fully saturated rings. The van der Waals surface area contributed by atoms with E-state index in [1.54, 1.807) is 0 Å². The number of hydrogen-bond donors (Lipinski definition) is 1. The smallest absolute Gasteiger partial charge is 0.0964 e. The van der Waals surface area contributed by atoms with Gasteiger partial charge in [-0.25, -0.2) is 0 Å². The van der Waals surface area contributed by atoms with Crippen LogP contribution in [0.15, 0.2) is 60.7 Å². The van der Waals surface area contributed by atoms with Gasteiger partial charge in [-0.15, -0.1) is 0 Å². The van der Waals surface area contributed by atoms with Gasteiger partial charge >= 0.3 is 0 Å². The quantitative estimate of drug-likeness (QED) is 0.848. The molecule has 0 saturated heterocycles. The van der Waals surface area contributed by atoms with Crippen molar-refractivity contribution in [2.75, 3.05) is 0 Å². The summed E-state index contributed by atoms with van der Waals surface area (Å²) < 4.78 is 0. The molecule has 1 saturated carbocycles. The summed E-state index contributed by atoms with van der Waals surface area (Å²) in [6.07, 6.45) is 4.23. The Hall–Kier alpha value is -1.60. The fourth-order valence-electron chi connectivity index (χ4n) is 3.36. The highest BCUT2D eigenvalue weighted by atomic mass is 16.3. The predicted molar refractivity (Wildman–Crippen MR) is 78.0 cm³/mol.